The third-order valence-corrected chi connectivity index (χ3v) is 4.76. The van der Waals surface area contributed by atoms with Gasteiger partial charge in [-0.05, 0) is 31.4 Å². The summed E-state index contributed by atoms with van der Waals surface area (Å²) < 4.78 is 28.8. The molecule has 0 saturated carbocycles. The van der Waals surface area contributed by atoms with Crippen molar-refractivity contribution in [3.05, 3.63) is 53.3 Å². The van der Waals surface area contributed by atoms with E-state index in [0.717, 1.165) is 17.0 Å². The molecule has 1 N–H and O–H groups in total. The highest BCUT2D eigenvalue weighted by atomic mass is 32.2. The lowest BCUT2D eigenvalue weighted by Gasteiger charge is -2.14. The van der Waals surface area contributed by atoms with Crippen LogP contribution in [0.25, 0.3) is 0 Å². The summed E-state index contributed by atoms with van der Waals surface area (Å²) in [6.07, 6.45) is 0. The average molecular weight is 321 g/mol. The Hall–Kier alpha value is -1.66. The number of nitrogens with one attached hydrogen (secondary N) is 1. The summed E-state index contributed by atoms with van der Waals surface area (Å²) in [6.45, 7) is 7.09. The molecule has 0 saturated heterocycles. The van der Waals surface area contributed by atoms with Gasteiger partial charge in [0.2, 0.25) is 10.0 Å². The predicted molar refractivity (Wildman–Crippen MR) is 87.9 cm³/mol. The molecule has 6 heteroatoms. The molecule has 0 fully saturated rings. The van der Waals surface area contributed by atoms with Crippen LogP contribution in [-0.2, 0) is 22.3 Å². The molecule has 1 aromatic heterocycles. The van der Waals surface area contributed by atoms with Gasteiger partial charge >= 0.3 is 0 Å². The van der Waals surface area contributed by atoms with Gasteiger partial charge in [0.1, 0.15) is 0 Å². The molecule has 0 aliphatic rings. The maximum absolute atomic E-state index is 12.1. The zero-order chi connectivity index (χ0) is 16.2. The van der Waals surface area contributed by atoms with Gasteiger partial charge in [0.25, 0.3) is 0 Å². The van der Waals surface area contributed by atoms with Gasteiger partial charge in [-0.25, -0.2) is 13.1 Å². The first-order chi connectivity index (χ1) is 10.4. The Balaban J connectivity index is 1.87. The van der Waals surface area contributed by atoms with E-state index in [4.69, 9.17) is 0 Å². The van der Waals surface area contributed by atoms with Crippen LogP contribution >= 0.6 is 0 Å². The zero-order valence-electron chi connectivity index (χ0n) is 13.3. The number of sulfonamides is 1. The second-order valence-corrected chi connectivity index (χ2v) is 7.61. The minimum Gasteiger partial charge on any atom is -0.269 e. The minimum atomic E-state index is -3.31. The van der Waals surface area contributed by atoms with Crippen LogP contribution in [0.1, 0.15) is 23.9 Å². The van der Waals surface area contributed by atoms with Crippen LogP contribution in [0.3, 0.4) is 0 Å². The van der Waals surface area contributed by atoms with Crippen molar-refractivity contribution in [3.63, 3.8) is 0 Å². The number of rotatable bonds is 7. The summed E-state index contributed by atoms with van der Waals surface area (Å²) >= 11 is 0. The first-order valence-corrected chi connectivity index (χ1v) is 9.03. The first-order valence-electron chi connectivity index (χ1n) is 7.38. The number of nitrogens with zero attached hydrogens (tertiary/aromatic N) is 2. The summed E-state index contributed by atoms with van der Waals surface area (Å²) in [7, 11) is -3.31. The molecule has 0 aliphatic heterocycles. The van der Waals surface area contributed by atoms with Crippen LogP contribution in [0.4, 0.5) is 0 Å². The lowest BCUT2D eigenvalue weighted by atomic mass is 10.2. The summed E-state index contributed by atoms with van der Waals surface area (Å²) in [6, 6.07) is 11.2. The summed E-state index contributed by atoms with van der Waals surface area (Å²) in [5.74, 6) is 0.184. The van der Waals surface area contributed by atoms with Gasteiger partial charge in [0.15, 0.2) is 0 Å². The first kappa shape index (κ1) is 16.7. The summed E-state index contributed by atoms with van der Waals surface area (Å²) in [4.78, 5) is 0. The van der Waals surface area contributed by atoms with Crippen molar-refractivity contribution in [2.24, 2.45) is 5.92 Å². The molecule has 0 aliphatic carbocycles. The number of benzene rings is 1. The van der Waals surface area contributed by atoms with E-state index in [1.165, 1.54) is 0 Å². The standard InChI is InChI=1S/C16H23N3O2S/c1-13(11-19-15(3)9-14(2)18-19)10-17-22(20,21)12-16-7-5-4-6-8-16/h4-9,13,17H,10-12H2,1-3H3. The minimum absolute atomic E-state index is 0.0144. The molecule has 0 bridgehead atoms. The van der Waals surface area contributed by atoms with E-state index in [0.29, 0.717) is 13.1 Å². The second kappa shape index (κ2) is 7.07. The van der Waals surface area contributed by atoms with Crippen molar-refractivity contribution in [1.29, 1.82) is 0 Å². The van der Waals surface area contributed by atoms with E-state index < -0.39 is 10.0 Å². The normalized spacial score (nSPS) is 13.2. The third-order valence-electron chi connectivity index (χ3n) is 3.44. The molecule has 1 heterocycles. The van der Waals surface area contributed by atoms with Crippen molar-refractivity contribution in [2.75, 3.05) is 6.54 Å². The van der Waals surface area contributed by atoms with E-state index in [-0.39, 0.29) is 11.7 Å². The Kier molecular flexibility index (Phi) is 5.37. The van der Waals surface area contributed by atoms with Crippen molar-refractivity contribution in [3.8, 4) is 0 Å². The van der Waals surface area contributed by atoms with Crippen LogP contribution < -0.4 is 4.72 Å². The average Bonchev–Trinajstić information content (AvgIpc) is 2.75. The van der Waals surface area contributed by atoms with Crippen molar-refractivity contribution in [2.45, 2.75) is 33.1 Å². The topological polar surface area (TPSA) is 64.0 Å². The fourth-order valence-electron chi connectivity index (χ4n) is 2.33. The highest BCUT2D eigenvalue weighted by Crippen LogP contribution is 2.08. The molecule has 0 spiro atoms. The Bertz CT molecular complexity index is 708. The van der Waals surface area contributed by atoms with Crippen LogP contribution in [-0.4, -0.2) is 24.7 Å². The van der Waals surface area contributed by atoms with Gasteiger partial charge in [-0.1, -0.05) is 37.3 Å². The van der Waals surface area contributed by atoms with Gasteiger partial charge in [-0.3, -0.25) is 4.68 Å². The van der Waals surface area contributed by atoms with Crippen molar-refractivity contribution in [1.82, 2.24) is 14.5 Å². The van der Waals surface area contributed by atoms with Gasteiger partial charge in [-0.2, -0.15) is 5.10 Å². The molecule has 1 unspecified atom stereocenters. The Labute approximate surface area is 132 Å². The number of hydrogen-bond acceptors (Lipinski definition) is 3. The van der Waals surface area contributed by atoms with Gasteiger partial charge in [0, 0.05) is 18.8 Å². The fourth-order valence-corrected chi connectivity index (χ4v) is 3.61. The second-order valence-electron chi connectivity index (χ2n) is 5.81. The monoisotopic (exact) mass is 321 g/mol. The molecule has 2 aromatic rings. The number of aromatic nitrogens is 2. The van der Waals surface area contributed by atoms with Crippen LogP contribution in [0, 0.1) is 19.8 Å². The predicted octanol–water partition coefficient (Wildman–Crippen LogP) is 2.26. The molecule has 22 heavy (non-hydrogen) atoms. The highest BCUT2D eigenvalue weighted by Gasteiger charge is 2.14. The zero-order valence-corrected chi connectivity index (χ0v) is 14.1. The molecule has 5 nitrogen and oxygen atoms in total. The maximum Gasteiger partial charge on any atom is 0.215 e. The van der Waals surface area contributed by atoms with Crippen molar-refractivity contribution < 1.29 is 8.42 Å². The van der Waals surface area contributed by atoms with E-state index in [2.05, 4.69) is 9.82 Å². The summed E-state index contributed by atoms with van der Waals surface area (Å²) in [5.41, 5.74) is 2.87. The maximum atomic E-state index is 12.1. The fraction of sp³-hybridized carbons (Fsp3) is 0.438. The van der Waals surface area contributed by atoms with Crippen LogP contribution in [0.15, 0.2) is 36.4 Å². The Morgan fingerprint density at radius 1 is 1.23 bits per heavy atom. The molecular formula is C16H23N3O2S. The number of hydrogen-bond donors (Lipinski definition) is 1. The lowest BCUT2D eigenvalue weighted by Crippen LogP contribution is -2.31. The van der Waals surface area contributed by atoms with Gasteiger partial charge < -0.3 is 0 Å². The largest absolute Gasteiger partial charge is 0.269 e. The molecule has 2 rings (SSSR count). The van der Waals surface area contributed by atoms with E-state index in [9.17, 15) is 8.42 Å². The van der Waals surface area contributed by atoms with Gasteiger partial charge in [-0.15, -0.1) is 0 Å². The smallest absolute Gasteiger partial charge is 0.215 e. The van der Waals surface area contributed by atoms with Crippen LogP contribution in [0.5, 0.6) is 0 Å². The molecular weight excluding hydrogens is 298 g/mol. The van der Waals surface area contributed by atoms with Gasteiger partial charge in [0.05, 0.1) is 11.4 Å². The number of aryl methyl sites for hydroxylation is 2. The Morgan fingerprint density at radius 2 is 1.91 bits per heavy atom. The molecule has 1 atom stereocenters. The summed E-state index contributed by atoms with van der Waals surface area (Å²) in [5, 5.41) is 4.40. The lowest BCUT2D eigenvalue weighted by molar-refractivity contribution is 0.436. The van der Waals surface area contributed by atoms with E-state index in [1.54, 1.807) is 0 Å². The van der Waals surface area contributed by atoms with Crippen LogP contribution in [0.2, 0.25) is 0 Å². The third kappa shape index (κ3) is 4.96. The Morgan fingerprint density at radius 3 is 2.50 bits per heavy atom. The van der Waals surface area contributed by atoms with E-state index in [1.807, 2.05) is 61.9 Å². The van der Waals surface area contributed by atoms with Crippen molar-refractivity contribution >= 4 is 10.0 Å². The molecule has 0 radical (unpaired) electrons. The molecule has 0 amide bonds. The SMILES string of the molecule is Cc1cc(C)n(CC(C)CNS(=O)(=O)Cc2ccccc2)n1. The molecule has 120 valence electrons. The quantitative estimate of drug-likeness (QED) is 0.851. The van der Waals surface area contributed by atoms with E-state index >= 15 is 0 Å². The molecule has 1 aromatic carbocycles. The highest BCUT2D eigenvalue weighted by molar-refractivity contribution is 7.88.